The fourth-order valence-electron chi connectivity index (χ4n) is 1.11. The summed E-state index contributed by atoms with van der Waals surface area (Å²) in [4.78, 5) is 11.2. The SMILES string of the molecule is O=C(CBr)Cc1cc(CCl)ccc1Br. The van der Waals surface area contributed by atoms with Crippen molar-refractivity contribution >= 4 is 49.2 Å². The van der Waals surface area contributed by atoms with Crippen molar-refractivity contribution in [3.63, 3.8) is 0 Å². The van der Waals surface area contributed by atoms with E-state index in [0.717, 1.165) is 15.6 Å². The summed E-state index contributed by atoms with van der Waals surface area (Å²) < 4.78 is 0.959. The van der Waals surface area contributed by atoms with Gasteiger partial charge in [-0.3, -0.25) is 4.79 Å². The van der Waals surface area contributed by atoms with Crippen LogP contribution in [0.1, 0.15) is 11.1 Å². The Morgan fingerprint density at radius 3 is 2.71 bits per heavy atom. The summed E-state index contributed by atoms with van der Waals surface area (Å²) in [5, 5.41) is 0.393. The third-order valence-electron chi connectivity index (χ3n) is 1.80. The average Bonchev–Trinajstić information content (AvgIpc) is 2.21. The lowest BCUT2D eigenvalue weighted by atomic mass is 10.1. The fourth-order valence-corrected chi connectivity index (χ4v) is 1.86. The molecule has 0 aliphatic carbocycles. The number of carbonyl (C=O) groups excluding carboxylic acids is 1. The second-order valence-electron chi connectivity index (χ2n) is 2.91. The van der Waals surface area contributed by atoms with Crippen molar-refractivity contribution in [2.24, 2.45) is 0 Å². The standard InChI is InChI=1S/C10H9Br2ClO/c11-5-9(14)4-8-3-7(6-13)1-2-10(8)12/h1-3H,4-6H2. The van der Waals surface area contributed by atoms with Crippen molar-refractivity contribution in [1.29, 1.82) is 0 Å². The molecule has 0 unspecified atom stereocenters. The van der Waals surface area contributed by atoms with Gasteiger partial charge >= 0.3 is 0 Å². The molecule has 1 aromatic rings. The van der Waals surface area contributed by atoms with Crippen LogP contribution in [0.3, 0.4) is 0 Å². The highest BCUT2D eigenvalue weighted by atomic mass is 79.9. The number of Topliss-reactive ketones (excluding diaryl/α,β-unsaturated/α-hetero) is 1. The molecule has 0 saturated carbocycles. The maximum atomic E-state index is 11.2. The van der Waals surface area contributed by atoms with Crippen molar-refractivity contribution in [3.05, 3.63) is 33.8 Å². The van der Waals surface area contributed by atoms with Crippen LogP contribution in [0.4, 0.5) is 0 Å². The molecular weight excluding hydrogens is 331 g/mol. The van der Waals surface area contributed by atoms with Crippen molar-refractivity contribution < 1.29 is 4.79 Å². The van der Waals surface area contributed by atoms with Crippen LogP contribution in [0.15, 0.2) is 22.7 Å². The number of benzene rings is 1. The molecule has 0 aliphatic rings. The van der Waals surface area contributed by atoms with Gasteiger partial charge in [-0.1, -0.05) is 44.0 Å². The first kappa shape index (κ1) is 12.2. The molecule has 0 aliphatic heterocycles. The molecule has 1 nitrogen and oxygen atoms in total. The first-order valence-corrected chi connectivity index (χ1v) is 6.53. The molecular formula is C10H9Br2ClO. The number of carbonyl (C=O) groups is 1. The summed E-state index contributed by atoms with van der Waals surface area (Å²) in [6.07, 6.45) is 0.441. The van der Waals surface area contributed by atoms with Crippen LogP contribution in [0.5, 0.6) is 0 Å². The molecule has 1 aromatic carbocycles. The molecule has 0 atom stereocenters. The van der Waals surface area contributed by atoms with Gasteiger partial charge in [0.05, 0.1) is 5.33 Å². The second kappa shape index (κ2) is 5.89. The molecule has 0 spiro atoms. The van der Waals surface area contributed by atoms with E-state index in [0.29, 0.717) is 17.6 Å². The zero-order chi connectivity index (χ0) is 10.6. The third kappa shape index (κ3) is 3.37. The predicted molar refractivity (Wildman–Crippen MR) is 66.2 cm³/mol. The summed E-state index contributed by atoms with van der Waals surface area (Å²) in [5.74, 6) is 0.639. The van der Waals surface area contributed by atoms with Crippen molar-refractivity contribution in [3.8, 4) is 0 Å². The Morgan fingerprint density at radius 2 is 2.14 bits per heavy atom. The molecule has 0 aromatic heterocycles. The lowest BCUT2D eigenvalue weighted by Gasteiger charge is -2.04. The third-order valence-corrected chi connectivity index (χ3v) is 3.51. The van der Waals surface area contributed by atoms with Gasteiger partial charge in [0.1, 0.15) is 5.78 Å². The van der Waals surface area contributed by atoms with Gasteiger partial charge in [-0.15, -0.1) is 11.6 Å². The maximum Gasteiger partial charge on any atom is 0.147 e. The number of hydrogen-bond donors (Lipinski definition) is 0. The Bertz CT molecular complexity index is 339. The first-order chi connectivity index (χ1) is 6.67. The van der Waals surface area contributed by atoms with Crippen LogP contribution in [-0.2, 0) is 17.1 Å². The van der Waals surface area contributed by atoms with Gasteiger partial charge in [-0.05, 0) is 17.2 Å². The minimum absolute atomic E-state index is 0.164. The second-order valence-corrected chi connectivity index (χ2v) is 4.59. The smallest absolute Gasteiger partial charge is 0.147 e. The summed E-state index contributed by atoms with van der Waals surface area (Å²) in [6, 6.07) is 5.82. The van der Waals surface area contributed by atoms with Crippen LogP contribution in [0.25, 0.3) is 0 Å². The molecule has 0 N–H and O–H groups in total. The Balaban J connectivity index is 2.89. The zero-order valence-corrected chi connectivity index (χ0v) is 11.3. The molecule has 4 heteroatoms. The molecule has 0 fully saturated rings. The van der Waals surface area contributed by atoms with Crippen LogP contribution >= 0.6 is 43.5 Å². The maximum absolute atomic E-state index is 11.2. The van der Waals surface area contributed by atoms with E-state index in [9.17, 15) is 4.79 Å². The zero-order valence-electron chi connectivity index (χ0n) is 7.40. The van der Waals surface area contributed by atoms with E-state index in [2.05, 4.69) is 31.9 Å². The number of ketones is 1. The number of alkyl halides is 2. The first-order valence-electron chi connectivity index (χ1n) is 4.08. The van der Waals surface area contributed by atoms with Crippen molar-refractivity contribution in [1.82, 2.24) is 0 Å². The summed E-state index contributed by atoms with van der Waals surface area (Å²) in [6.45, 7) is 0. The summed E-state index contributed by atoms with van der Waals surface area (Å²) in [7, 11) is 0. The summed E-state index contributed by atoms with van der Waals surface area (Å²) in [5.41, 5.74) is 2.03. The number of rotatable bonds is 4. The Hall–Kier alpha value is 0.140. The molecule has 0 bridgehead atoms. The van der Waals surface area contributed by atoms with E-state index in [1.165, 1.54) is 0 Å². The Kier molecular flexibility index (Phi) is 5.13. The highest BCUT2D eigenvalue weighted by molar-refractivity contribution is 9.10. The largest absolute Gasteiger partial charge is 0.298 e. The number of halogens is 3. The molecule has 14 heavy (non-hydrogen) atoms. The normalized spacial score (nSPS) is 10.2. The predicted octanol–water partition coefficient (Wildman–Crippen LogP) is 3.69. The highest BCUT2D eigenvalue weighted by Gasteiger charge is 2.06. The monoisotopic (exact) mass is 338 g/mol. The molecule has 1 rings (SSSR count). The van der Waals surface area contributed by atoms with Gasteiger partial charge in [-0.25, -0.2) is 0 Å². The van der Waals surface area contributed by atoms with Gasteiger partial charge < -0.3 is 0 Å². The minimum Gasteiger partial charge on any atom is -0.298 e. The van der Waals surface area contributed by atoms with Crippen LogP contribution in [0.2, 0.25) is 0 Å². The van der Waals surface area contributed by atoms with Gasteiger partial charge in [0, 0.05) is 16.8 Å². The van der Waals surface area contributed by atoms with Gasteiger partial charge in [0.25, 0.3) is 0 Å². The van der Waals surface area contributed by atoms with Crippen molar-refractivity contribution in [2.45, 2.75) is 12.3 Å². The van der Waals surface area contributed by atoms with E-state index >= 15 is 0 Å². The molecule has 0 saturated heterocycles. The topological polar surface area (TPSA) is 17.1 Å². The molecule has 0 radical (unpaired) electrons. The Morgan fingerprint density at radius 1 is 1.43 bits per heavy atom. The quantitative estimate of drug-likeness (QED) is 0.764. The number of hydrogen-bond acceptors (Lipinski definition) is 1. The van der Waals surface area contributed by atoms with E-state index < -0.39 is 0 Å². The lowest BCUT2D eigenvalue weighted by Crippen LogP contribution is -2.04. The molecule has 0 heterocycles. The molecule has 0 amide bonds. The van der Waals surface area contributed by atoms with E-state index in [1.807, 2.05) is 18.2 Å². The van der Waals surface area contributed by atoms with Crippen LogP contribution in [0, 0.1) is 0 Å². The Labute approximate surface area is 105 Å². The molecule has 76 valence electrons. The fraction of sp³-hybridized carbons (Fsp3) is 0.300. The van der Waals surface area contributed by atoms with E-state index in [1.54, 1.807) is 0 Å². The average molecular weight is 340 g/mol. The van der Waals surface area contributed by atoms with Crippen molar-refractivity contribution in [2.75, 3.05) is 5.33 Å². The van der Waals surface area contributed by atoms with Gasteiger partial charge in [0.15, 0.2) is 0 Å². The highest BCUT2D eigenvalue weighted by Crippen LogP contribution is 2.20. The van der Waals surface area contributed by atoms with Crippen LogP contribution < -0.4 is 0 Å². The lowest BCUT2D eigenvalue weighted by molar-refractivity contribution is -0.115. The minimum atomic E-state index is 0.164. The van der Waals surface area contributed by atoms with Crippen LogP contribution in [-0.4, -0.2) is 11.1 Å². The van der Waals surface area contributed by atoms with E-state index in [-0.39, 0.29) is 5.78 Å². The van der Waals surface area contributed by atoms with Gasteiger partial charge in [-0.2, -0.15) is 0 Å². The van der Waals surface area contributed by atoms with E-state index in [4.69, 9.17) is 11.6 Å². The van der Waals surface area contributed by atoms with Gasteiger partial charge in [0.2, 0.25) is 0 Å². The summed E-state index contributed by atoms with van der Waals surface area (Å²) >= 11 is 12.3.